The third kappa shape index (κ3) is 3.66. The molecule has 0 aromatic heterocycles. The second-order valence-corrected chi connectivity index (χ2v) is 4.05. The van der Waals surface area contributed by atoms with Crippen LogP contribution in [0.5, 0.6) is 5.75 Å². The number of hydrogen-bond donors (Lipinski definition) is 2. The topological polar surface area (TPSA) is 96.2 Å². The number of carboxylic acid groups (broad SMARTS) is 2. The van der Waals surface area contributed by atoms with E-state index in [9.17, 15) is 9.59 Å². The molecule has 0 amide bonds. The predicted molar refractivity (Wildman–Crippen MR) is 75.0 cm³/mol. The van der Waals surface area contributed by atoms with E-state index in [4.69, 9.17) is 15.1 Å². The van der Waals surface area contributed by atoms with Crippen LogP contribution in [0.15, 0.2) is 53.7 Å². The van der Waals surface area contributed by atoms with Crippen molar-refractivity contribution in [3.05, 3.63) is 65.2 Å². The fourth-order valence-corrected chi connectivity index (χ4v) is 1.61. The highest BCUT2D eigenvalue weighted by Gasteiger charge is 2.07. The third-order valence-electron chi connectivity index (χ3n) is 2.64. The van der Waals surface area contributed by atoms with Crippen LogP contribution in [0.4, 0.5) is 0 Å². The van der Waals surface area contributed by atoms with Gasteiger partial charge in [-0.2, -0.15) is 0 Å². The first-order valence-electron chi connectivity index (χ1n) is 5.94. The minimum Gasteiger partial charge on any atom is -0.478 e. The Morgan fingerprint density at radius 1 is 0.952 bits per heavy atom. The van der Waals surface area contributed by atoms with Crippen molar-refractivity contribution < 1.29 is 24.6 Å². The van der Waals surface area contributed by atoms with Crippen molar-refractivity contribution in [2.75, 3.05) is 0 Å². The van der Waals surface area contributed by atoms with Gasteiger partial charge in [-0.3, -0.25) is 0 Å². The van der Waals surface area contributed by atoms with E-state index in [1.165, 1.54) is 36.5 Å². The van der Waals surface area contributed by atoms with Crippen molar-refractivity contribution >= 4 is 18.2 Å². The van der Waals surface area contributed by atoms with Crippen molar-refractivity contribution in [3.8, 4) is 5.75 Å². The van der Waals surface area contributed by atoms with Gasteiger partial charge in [-0.25, -0.2) is 9.59 Å². The Balaban J connectivity index is 2.09. The summed E-state index contributed by atoms with van der Waals surface area (Å²) in [6.07, 6.45) is 1.29. The maximum absolute atomic E-state index is 11.0. The van der Waals surface area contributed by atoms with Crippen molar-refractivity contribution in [2.45, 2.75) is 0 Å². The molecule has 6 heteroatoms. The van der Waals surface area contributed by atoms with Gasteiger partial charge in [-0.05, 0) is 30.3 Å². The molecule has 0 aliphatic rings. The van der Waals surface area contributed by atoms with E-state index < -0.39 is 11.9 Å². The van der Waals surface area contributed by atoms with E-state index in [-0.39, 0.29) is 11.1 Å². The molecule has 2 aromatic rings. The van der Waals surface area contributed by atoms with E-state index in [0.29, 0.717) is 11.3 Å². The molecular formula is C15H11NO5. The first-order valence-corrected chi connectivity index (χ1v) is 5.94. The summed E-state index contributed by atoms with van der Waals surface area (Å²) in [5.41, 5.74) is 0.667. The van der Waals surface area contributed by atoms with Crippen LogP contribution in [-0.2, 0) is 0 Å². The summed E-state index contributed by atoms with van der Waals surface area (Å²) in [6.45, 7) is 0. The normalized spacial score (nSPS) is 10.5. The zero-order valence-corrected chi connectivity index (χ0v) is 10.8. The summed E-state index contributed by atoms with van der Waals surface area (Å²) < 4.78 is 0. The molecule has 0 aliphatic heterocycles. The average molecular weight is 285 g/mol. The molecule has 0 saturated heterocycles. The molecule has 0 unspecified atom stereocenters. The van der Waals surface area contributed by atoms with Crippen LogP contribution in [0.2, 0.25) is 0 Å². The van der Waals surface area contributed by atoms with Gasteiger partial charge >= 0.3 is 11.9 Å². The second-order valence-electron chi connectivity index (χ2n) is 4.05. The molecule has 0 atom stereocenters. The van der Waals surface area contributed by atoms with Gasteiger partial charge in [0.1, 0.15) is 0 Å². The summed E-state index contributed by atoms with van der Waals surface area (Å²) in [7, 11) is 0. The number of carboxylic acids is 2. The summed E-state index contributed by atoms with van der Waals surface area (Å²) >= 11 is 0. The fourth-order valence-electron chi connectivity index (χ4n) is 1.61. The van der Waals surface area contributed by atoms with Gasteiger partial charge < -0.3 is 15.1 Å². The first kappa shape index (κ1) is 14.3. The van der Waals surface area contributed by atoms with Gasteiger partial charge in [0.15, 0.2) is 5.75 Å². The number of carbonyl (C=O) groups is 2. The Bertz CT molecular complexity index is 691. The van der Waals surface area contributed by atoms with Gasteiger partial charge in [0, 0.05) is 5.56 Å². The molecule has 2 rings (SSSR count). The Kier molecular flexibility index (Phi) is 4.30. The molecule has 2 aromatic carbocycles. The molecule has 0 aliphatic carbocycles. The van der Waals surface area contributed by atoms with E-state index in [2.05, 4.69) is 5.16 Å². The predicted octanol–water partition coefficient (Wildman–Crippen LogP) is 2.50. The van der Waals surface area contributed by atoms with Crippen molar-refractivity contribution in [1.29, 1.82) is 0 Å². The van der Waals surface area contributed by atoms with Crippen LogP contribution in [0.3, 0.4) is 0 Å². The van der Waals surface area contributed by atoms with Crippen LogP contribution in [0.25, 0.3) is 0 Å². The Labute approximate surface area is 119 Å². The zero-order valence-electron chi connectivity index (χ0n) is 10.8. The van der Waals surface area contributed by atoms with Gasteiger partial charge in [0.05, 0.1) is 17.3 Å². The zero-order chi connectivity index (χ0) is 15.2. The van der Waals surface area contributed by atoms with E-state index >= 15 is 0 Å². The third-order valence-corrected chi connectivity index (χ3v) is 2.64. The minimum atomic E-state index is -1.05. The Morgan fingerprint density at radius 2 is 1.62 bits per heavy atom. The van der Waals surface area contributed by atoms with Crippen molar-refractivity contribution in [2.24, 2.45) is 5.16 Å². The number of oxime groups is 1. The van der Waals surface area contributed by atoms with Crippen molar-refractivity contribution in [3.63, 3.8) is 0 Å². The Hall–Kier alpha value is -3.15. The van der Waals surface area contributed by atoms with E-state index in [0.717, 1.165) is 0 Å². The van der Waals surface area contributed by atoms with Gasteiger partial charge in [-0.1, -0.05) is 23.4 Å². The summed E-state index contributed by atoms with van der Waals surface area (Å²) in [4.78, 5) is 26.7. The molecule has 0 radical (unpaired) electrons. The highest BCUT2D eigenvalue weighted by atomic mass is 16.6. The van der Waals surface area contributed by atoms with Crippen LogP contribution >= 0.6 is 0 Å². The SMILES string of the molecule is O=C(O)c1ccc(O/N=C/c2ccccc2C(=O)O)cc1. The van der Waals surface area contributed by atoms with Crippen LogP contribution in [0, 0.1) is 0 Å². The largest absolute Gasteiger partial charge is 0.478 e. The van der Waals surface area contributed by atoms with E-state index in [1.807, 2.05) is 0 Å². The number of nitrogens with zero attached hydrogens (tertiary/aromatic N) is 1. The van der Waals surface area contributed by atoms with Gasteiger partial charge in [0.25, 0.3) is 0 Å². The maximum atomic E-state index is 11.0. The minimum absolute atomic E-state index is 0.117. The molecule has 0 bridgehead atoms. The lowest BCUT2D eigenvalue weighted by Gasteiger charge is -2.01. The molecule has 6 nitrogen and oxygen atoms in total. The molecule has 0 heterocycles. The standard InChI is InChI=1S/C15H11NO5/c17-14(18)10-5-7-12(8-6-10)21-16-9-11-3-1-2-4-13(11)15(19)20/h1-9H,(H,17,18)(H,19,20)/b16-9+. The number of hydrogen-bond acceptors (Lipinski definition) is 4. The average Bonchev–Trinajstić information content (AvgIpc) is 2.48. The summed E-state index contributed by atoms with van der Waals surface area (Å²) in [5.74, 6) is -1.73. The highest BCUT2D eigenvalue weighted by molar-refractivity contribution is 5.98. The number of rotatable bonds is 5. The summed E-state index contributed by atoms with van der Waals surface area (Å²) in [6, 6.07) is 12.1. The lowest BCUT2D eigenvalue weighted by Crippen LogP contribution is -2.01. The van der Waals surface area contributed by atoms with E-state index in [1.54, 1.807) is 18.2 Å². The van der Waals surface area contributed by atoms with Gasteiger partial charge in [-0.15, -0.1) is 0 Å². The fraction of sp³-hybridized carbons (Fsp3) is 0. The van der Waals surface area contributed by atoms with Crippen LogP contribution in [0.1, 0.15) is 26.3 Å². The van der Waals surface area contributed by atoms with Crippen LogP contribution < -0.4 is 4.84 Å². The smallest absolute Gasteiger partial charge is 0.336 e. The summed E-state index contributed by atoms with van der Waals surface area (Å²) in [5, 5.41) is 21.5. The van der Waals surface area contributed by atoms with Crippen molar-refractivity contribution in [1.82, 2.24) is 0 Å². The Morgan fingerprint density at radius 3 is 2.24 bits per heavy atom. The molecular weight excluding hydrogens is 274 g/mol. The van der Waals surface area contributed by atoms with Gasteiger partial charge in [0.2, 0.25) is 0 Å². The lowest BCUT2D eigenvalue weighted by molar-refractivity contribution is 0.0686. The molecule has 0 saturated carbocycles. The highest BCUT2D eigenvalue weighted by Crippen LogP contribution is 2.13. The molecule has 2 N–H and O–H groups in total. The first-order chi connectivity index (χ1) is 10.1. The number of aromatic carboxylic acids is 2. The molecule has 0 fully saturated rings. The monoisotopic (exact) mass is 285 g/mol. The molecule has 106 valence electrons. The maximum Gasteiger partial charge on any atom is 0.336 e. The molecule has 21 heavy (non-hydrogen) atoms. The molecule has 0 spiro atoms. The lowest BCUT2D eigenvalue weighted by atomic mass is 10.1. The second kappa shape index (κ2) is 6.33. The van der Waals surface area contributed by atoms with Crippen LogP contribution in [-0.4, -0.2) is 28.4 Å². The quantitative estimate of drug-likeness (QED) is 0.650. The number of benzene rings is 2.